The largest absolute Gasteiger partial charge is 0.450 e. The summed E-state index contributed by atoms with van der Waals surface area (Å²) in [6.45, 7) is 2.78. The van der Waals surface area contributed by atoms with Gasteiger partial charge in [0.05, 0.1) is 11.8 Å². The van der Waals surface area contributed by atoms with Gasteiger partial charge in [-0.15, -0.1) is 0 Å². The Balaban J connectivity index is 1.65. The van der Waals surface area contributed by atoms with Crippen LogP contribution in [0.5, 0.6) is 11.5 Å². The number of hydrogen-bond donors (Lipinski definition) is 3. The molecule has 4 aromatic rings. The summed E-state index contributed by atoms with van der Waals surface area (Å²) in [5.41, 5.74) is 0.967. The third-order valence-corrected chi connectivity index (χ3v) is 5.13. The number of hydrogen-bond acceptors (Lipinski definition) is 7. The van der Waals surface area contributed by atoms with E-state index in [4.69, 9.17) is 10.5 Å². The van der Waals surface area contributed by atoms with Crippen molar-refractivity contribution in [2.24, 2.45) is 0 Å². The van der Waals surface area contributed by atoms with Gasteiger partial charge in [0.25, 0.3) is 5.91 Å². The Morgan fingerprint density at radius 3 is 2.37 bits per heavy atom. The number of amides is 1. The van der Waals surface area contributed by atoms with Gasteiger partial charge in [-0.05, 0) is 26.0 Å². The molecule has 3 aromatic heterocycles. The number of aromatic nitrogens is 4. The Morgan fingerprint density at radius 1 is 1.07 bits per heavy atom. The van der Waals surface area contributed by atoms with Crippen molar-refractivity contribution in [3.05, 3.63) is 83.2 Å². The van der Waals surface area contributed by atoms with E-state index in [0.717, 1.165) is 18.3 Å². The summed E-state index contributed by atoms with van der Waals surface area (Å²) in [5.74, 6) is -2.42. The maximum absolute atomic E-state index is 14.9. The van der Waals surface area contributed by atoms with E-state index in [1.807, 2.05) is 5.32 Å². The van der Waals surface area contributed by atoms with Crippen LogP contribution < -0.4 is 15.8 Å². The number of ether oxygens (including phenoxy) is 1. The first-order chi connectivity index (χ1) is 19.2. The van der Waals surface area contributed by atoms with Crippen LogP contribution in [-0.2, 0) is 6.18 Å². The number of alkyl halides is 3. The summed E-state index contributed by atoms with van der Waals surface area (Å²) >= 11 is 0. The Morgan fingerprint density at radius 2 is 1.76 bits per heavy atom. The van der Waals surface area contributed by atoms with Crippen molar-refractivity contribution in [2.75, 3.05) is 11.1 Å². The lowest BCUT2D eigenvalue weighted by atomic mass is 10.1. The van der Waals surface area contributed by atoms with Gasteiger partial charge < -0.3 is 20.9 Å². The van der Waals surface area contributed by atoms with E-state index in [9.17, 15) is 36.2 Å². The Labute approximate surface area is 227 Å². The molecule has 0 bridgehead atoms. The van der Waals surface area contributed by atoms with Crippen molar-refractivity contribution < 1.29 is 41.0 Å². The van der Waals surface area contributed by atoms with Crippen LogP contribution in [0.1, 0.15) is 35.5 Å². The maximum atomic E-state index is 14.9. The average molecular weight is 576 g/mol. The van der Waals surface area contributed by atoms with Gasteiger partial charge in [0.15, 0.2) is 34.7 Å². The van der Waals surface area contributed by atoms with E-state index in [0.29, 0.717) is 18.3 Å². The van der Waals surface area contributed by atoms with Crippen molar-refractivity contribution in [3.8, 4) is 29.2 Å². The normalized spacial score (nSPS) is 11.5. The molecule has 212 valence electrons. The minimum Gasteiger partial charge on any atom is -0.450 e. The summed E-state index contributed by atoms with van der Waals surface area (Å²) in [4.78, 5) is 20.1. The van der Waals surface area contributed by atoms with E-state index in [1.54, 1.807) is 0 Å². The van der Waals surface area contributed by atoms with Gasteiger partial charge in [-0.3, -0.25) is 4.79 Å². The molecule has 0 atom stereocenters. The van der Waals surface area contributed by atoms with Crippen molar-refractivity contribution in [3.63, 3.8) is 0 Å². The number of carbonyl (C=O) groups is 1. The predicted molar refractivity (Wildman–Crippen MR) is 133 cm³/mol. The highest BCUT2D eigenvalue weighted by molar-refractivity contribution is 6.05. The van der Waals surface area contributed by atoms with E-state index in [1.165, 1.54) is 26.1 Å². The summed E-state index contributed by atoms with van der Waals surface area (Å²) in [6, 6.07) is 4.40. The van der Waals surface area contributed by atoms with Gasteiger partial charge in [-0.1, -0.05) is 11.8 Å². The third-order valence-electron chi connectivity index (χ3n) is 5.13. The number of halogens is 6. The second-order valence-corrected chi connectivity index (χ2v) is 8.83. The number of nitrogens with zero attached hydrogens (tertiary/aromatic N) is 4. The van der Waals surface area contributed by atoms with Gasteiger partial charge in [0.1, 0.15) is 22.7 Å². The fraction of sp³-hybridized carbons (Fsp3) is 0.154. The number of anilines is 2. The Hall–Kier alpha value is -5.10. The smallest absolute Gasteiger partial charge is 0.434 e. The number of benzene rings is 1. The molecule has 0 fully saturated rings. The summed E-state index contributed by atoms with van der Waals surface area (Å²) in [5, 5.41) is 15.2. The van der Waals surface area contributed by atoms with Crippen molar-refractivity contribution in [1.29, 1.82) is 0 Å². The molecule has 0 unspecified atom stereocenters. The fourth-order valence-corrected chi connectivity index (χ4v) is 3.40. The number of aliphatic hydroxyl groups is 1. The molecule has 0 aliphatic carbocycles. The monoisotopic (exact) mass is 576 g/mol. The van der Waals surface area contributed by atoms with Crippen molar-refractivity contribution in [1.82, 2.24) is 19.7 Å². The standard InChI is InChI=1S/C26H18F6N6O3/c1-25(2,40)7-5-14-19(6-9-34-22(14)33)41-20-17(28)10-13(11-18(20)29)37-24(39)15-12-36-38(21(15)26(30,31)32)23-16(27)4-3-8-35-23/h3-4,6,8-12,40H,1-2H3,(H2,33,34)(H,37,39). The van der Waals surface area contributed by atoms with Crippen molar-refractivity contribution >= 4 is 17.4 Å². The number of nitrogens with one attached hydrogen (secondary N) is 1. The molecule has 1 aromatic carbocycles. The molecule has 15 heteroatoms. The van der Waals surface area contributed by atoms with E-state index >= 15 is 0 Å². The number of nitrogens with two attached hydrogens (primary N) is 1. The first kappa shape index (κ1) is 28.9. The van der Waals surface area contributed by atoms with Crippen LogP contribution in [0.15, 0.2) is 48.9 Å². The van der Waals surface area contributed by atoms with Crippen LogP contribution in [0.25, 0.3) is 5.82 Å². The molecule has 3 heterocycles. The minimum atomic E-state index is -5.19. The number of rotatable bonds is 5. The number of nitrogen functional groups attached to an aromatic ring is 1. The molecule has 4 rings (SSSR count). The van der Waals surface area contributed by atoms with Gasteiger partial charge >= 0.3 is 6.18 Å². The molecule has 0 radical (unpaired) electrons. The average Bonchev–Trinajstić information content (AvgIpc) is 3.31. The lowest BCUT2D eigenvalue weighted by molar-refractivity contribution is -0.143. The molecular formula is C26H18F6N6O3. The Bertz CT molecular complexity index is 1680. The molecule has 1 amide bonds. The third kappa shape index (κ3) is 6.39. The molecule has 41 heavy (non-hydrogen) atoms. The first-order valence-electron chi connectivity index (χ1n) is 11.4. The van der Waals surface area contributed by atoms with E-state index in [2.05, 4.69) is 26.9 Å². The second kappa shape index (κ2) is 10.8. The zero-order valence-electron chi connectivity index (χ0n) is 21.0. The summed E-state index contributed by atoms with van der Waals surface area (Å²) in [6.07, 6.45) is -2.47. The van der Waals surface area contributed by atoms with Crippen LogP contribution in [0.2, 0.25) is 0 Å². The fourth-order valence-electron chi connectivity index (χ4n) is 3.40. The van der Waals surface area contributed by atoms with E-state index < -0.39 is 63.6 Å². The lowest BCUT2D eigenvalue weighted by Gasteiger charge is -2.14. The molecule has 0 saturated heterocycles. The number of carbonyl (C=O) groups excluding carboxylic acids is 1. The van der Waals surface area contributed by atoms with Crippen LogP contribution in [-0.4, -0.2) is 36.4 Å². The highest BCUT2D eigenvalue weighted by Crippen LogP contribution is 2.36. The highest BCUT2D eigenvalue weighted by atomic mass is 19.4. The molecule has 0 saturated carbocycles. The quantitative estimate of drug-likeness (QED) is 0.229. The molecular weight excluding hydrogens is 558 g/mol. The Kier molecular flexibility index (Phi) is 7.62. The summed E-state index contributed by atoms with van der Waals surface area (Å²) in [7, 11) is 0. The highest BCUT2D eigenvalue weighted by Gasteiger charge is 2.41. The second-order valence-electron chi connectivity index (χ2n) is 8.83. The molecule has 0 aliphatic heterocycles. The van der Waals surface area contributed by atoms with Crippen LogP contribution in [0, 0.1) is 29.3 Å². The summed E-state index contributed by atoms with van der Waals surface area (Å²) < 4.78 is 90.9. The topological polar surface area (TPSA) is 128 Å². The van der Waals surface area contributed by atoms with Gasteiger partial charge in [-0.2, -0.15) is 18.3 Å². The zero-order chi connectivity index (χ0) is 30.1. The van der Waals surface area contributed by atoms with Gasteiger partial charge in [0.2, 0.25) is 0 Å². The van der Waals surface area contributed by atoms with Gasteiger partial charge in [0, 0.05) is 36.3 Å². The van der Waals surface area contributed by atoms with Crippen LogP contribution in [0.4, 0.5) is 37.8 Å². The molecule has 0 spiro atoms. The maximum Gasteiger partial charge on any atom is 0.434 e. The van der Waals surface area contributed by atoms with Crippen LogP contribution in [0.3, 0.4) is 0 Å². The minimum absolute atomic E-state index is 0.0770. The van der Waals surface area contributed by atoms with E-state index in [-0.39, 0.29) is 21.8 Å². The van der Waals surface area contributed by atoms with Crippen molar-refractivity contribution in [2.45, 2.75) is 25.6 Å². The predicted octanol–water partition coefficient (Wildman–Crippen LogP) is 4.85. The van der Waals surface area contributed by atoms with Crippen LogP contribution >= 0.6 is 0 Å². The molecule has 9 nitrogen and oxygen atoms in total. The molecule has 0 aliphatic rings. The lowest BCUT2D eigenvalue weighted by Crippen LogP contribution is -2.21. The zero-order valence-corrected chi connectivity index (χ0v) is 21.0. The first-order valence-corrected chi connectivity index (χ1v) is 11.4. The van der Waals surface area contributed by atoms with Gasteiger partial charge in [-0.25, -0.2) is 27.8 Å². The number of pyridine rings is 2. The SMILES string of the molecule is CC(C)(O)C#Cc1c(Oc2c(F)cc(NC(=O)c3cnn(-c4ncccc4F)c3C(F)(F)F)cc2F)ccnc1N. The molecule has 4 N–H and O–H groups in total.